The van der Waals surface area contributed by atoms with Crippen molar-refractivity contribution in [2.45, 2.75) is 32.2 Å². The topological polar surface area (TPSA) is 136 Å². The van der Waals surface area contributed by atoms with Crippen LogP contribution in [0.1, 0.15) is 51.5 Å². The number of alkyl halides is 2. The Hall–Kier alpha value is -5.57. The van der Waals surface area contributed by atoms with Crippen LogP contribution in [0.4, 0.5) is 13.6 Å². The van der Waals surface area contributed by atoms with Crippen molar-refractivity contribution in [2.75, 3.05) is 32.7 Å². The summed E-state index contributed by atoms with van der Waals surface area (Å²) >= 11 is 0. The molecule has 13 nitrogen and oxygen atoms in total. The molecule has 5 heterocycles. The minimum absolute atomic E-state index is 0.163. The molecule has 7 rings (SSSR count). The van der Waals surface area contributed by atoms with Crippen molar-refractivity contribution < 1.29 is 27.5 Å². The second-order valence-corrected chi connectivity index (χ2v) is 11.4. The number of hydrogen-bond donors (Lipinski definition) is 0. The third kappa shape index (κ3) is 6.62. The average Bonchev–Trinajstić information content (AvgIpc) is 3.80. The molecule has 48 heavy (non-hydrogen) atoms. The van der Waals surface area contributed by atoms with E-state index < -0.39 is 18.7 Å². The molecule has 2 aliphatic rings. The van der Waals surface area contributed by atoms with Gasteiger partial charge >= 0.3 is 12.6 Å². The van der Waals surface area contributed by atoms with Crippen molar-refractivity contribution in [3.63, 3.8) is 0 Å². The molecule has 1 fully saturated rings. The SMILES string of the molecule is O=C(OCc1ccccc1)N1CCc2oc(-c3ccnc(C(=O)N4CCN([C@H](c5ccccc5)c5nnn(C(F)F)n5)CC4)c3)nc2C1. The van der Waals surface area contributed by atoms with Crippen molar-refractivity contribution in [1.29, 1.82) is 0 Å². The Morgan fingerprint density at radius 1 is 0.917 bits per heavy atom. The Bertz CT molecular complexity index is 1880. The van der Waals surface area contributed by atoms with E-state index in [1.807, 2.05) is 65.6 Å². The molecule has 0 bridgehead atoms. The minimum atomic E-state index is -2.90. The van der Waals surface area contributed by atoms with E-state index in [1.165, 1.54) is 0 Å². The number of piperazine rings is 1. The van der Waals surface area contributed by atoms with Crippen LogP contribution in [-0.4, -0.2) is 89.6 Å². The number of benzene rings is 2. The molecule has 0 saturated carbocycles. The fourth-order valence-corrected chi connectivity index (χ4v) is 5.90. The summed E-state index contributed by atoms with van der Waals surface area (Å²) in [5, 5.41) is 11.4. The monoisotopic (exact) mass is 655 g/mol. The van der Waals surface area contributed by atoms with Gasteiger partial charge in [-0.25, -0.2) is 9.78 Å². The Kier molecular flexibility index (Phi) is 8.83. The lowest BCUT2D eigenvalue weighted by Gasteiger charge is -2.38. The molecule has 3 aromatic heterocycles. The molecule has 1 saturated heterocycles. The Balaban J connectivity index is 0.999. The second kappa shape index (κ2) is 13.7. The number of hydrogen-bond acceptors (Lipinski definition) is 10. The van der Waals surface area contributed by atoms with Crippen molar-refractivity contribution in [3.8, 4) is 11.5 Å². The van der Waals surface area contributed by atoms with Gasteiger partial charge in [-0.05, 0) is 28.5 Å². The van der Waals surface area contributed by atoms with E-state index >= 15 is 0 Å². The van der Waals surface area contributed by atoms with Crippen molar-refractivity contribution >= 4 is 12.0 Å². The summed E-state index contributed by atoms with van der Waals surface area (Å²) in [6.07, 6.45) is 1.61. The summed E-state index contributed by atoms with van der Waals surface area (Å²) in [6, 6.07) is 21.7. The number of fused-ring (bicyclic) bond motifs is 1. The number of rotatable bonds is 8. The van der Waals surface area contributed by atoms with Gasteiger partial charge in [-0.15, -0.1) is 10.2 Å². The minimum Gasteiger partial charge on any atom is -0.445 e. The van der Waals surface area contributed by atoms with Gasteiger partial charge in [0.15, 0.2) is 5.82 Å². The predicted molar refractivity (Wildman–Crippen MR) is 165 cm³/mol. The van der Waals surface area contributed by atoms with Gasteiger partial charge in [-0.3, -0.25) is 14.7 Å². The first-order chi connectivity index (χ1) is 23.4. The molecular formula is C33H31F2N9O4. The molecule has 5 aromatic rings. The van der Waals surface area contributed by atoms with Crippen LogP contribution >= 0.6 is 0 Å². The Labute approximate surface area is 273 Å². The van der Waals surface area contributed by atoms with Gasteiger partial charge < -0.3 is 19.0 Å². The molecule has 2 amide bonds. The zero-order valence-corrected chi connectivity index (χ0v) is 25.7. The van der Waals surface area contributed by atoms with Crippen LogP contribution in [0.3, 0.4) is 0 Å². The lowest BCUT2D eigenvalue weighted by molar-refractivity contribution is 0.0385. The largest absolute Gasteiger partial charge is 0.445 e. The summed E-state index contributed by atoms with van der Waals surface area (Å²) in [6.45, 7) is -0.369. The van der Waals surface area contributed by atoms with E-state index in [9.17, 15) is 18.4 Å². The molecule has 0 aliphatic carbocycles. The first kappa shape index (κ1) is 31.1. The van der Waals surface area contributed by atoms with Crippen LogP contribution in [0, 0.1) is 0 Å². The molecule has 2 aliphatic heterocycles. The molecule has 0 radical (unpaired) electrons. The lowest BCUT2D eigenvalue weighted by atomic mass is 10.0. The van der Waals surface area contributed by atoms with Crippen LogP contribution in [0.25, 0.3) is 11.5 Å². The number of oxazole rings is 1. The first-order valence-electron chi connectivity index (χ1n) is 15.5. The van der Waals surface area contributed by atoms with Crippen molar-refractivity contribution in [2.24, 2.45) is 0 Å². The molecule has 0 unspecified atom stereocenters. The highest BCUT2D eigenvalue weighted by atomic mass is 19.3. The van der Waals surface area contributed by atoms with Crippen LogP contribution in [0.2, 0.25) is 0 Å². The third-order valence-corrected chi connectivity index (χ3v) is 8.36. The summed E-state index contributed by atoms with van der Waals surface area (Å²) in [5.74, 6) is 0.944. The molecule has 0 spiro atoms. The lowest BCUT2D eigenvalue weighted by Crippen LogP contribution is -2.50. The maximum absolute atomic E-state index is 13.6. The van der Waals surface area contributed by atoms with Crippen molar-refractivity contribution in [3.05, 3.63) is 113 Å². The molecule has 2 aromatic carbocycles. The molecular weight excluding hydrogens is 624 g/mol. The van der Waals surface area contributed by atoms with Crippen LogP contribution in [0.15, 0.2) is 83.4 Å². The number of halogens is 2. The number of amides is 2. The fraction of sp³-hybridized carbons (Fsp3) is 0.303. The van der Waals surface area contributed by atoms with E-state index in [1.54, 1.807) is 28.1 Å². The number of tetrazole rings is 1. The maximum atomic E-state index is 13.6. The van der Waals surface area contributed by atoms with E-state index in [4.69, 9.17) is 9.15 Å². The van der Waals surface area contributed by atoms with E-state index in [2.05, 4.69) is 25.4 Å². The third-order valence-electron chi connectivity index (χ3n) is 8.36. The van der Waals surface area contributed by atoms with Gasteiger partial charge in [0.1, 0.15) is 23.8 Å². The molecule has 1 atom stereocenters. The number of pyridine rings is 1. The van der Waals surface area contributed by atoms with Crippen LogP contribution in [-0.2, 0) is 24.3 Å². The average molecular weight is 656 g/mol. The highest BCUT2D eigenvalue weighted by Gasteiger charge is 2.33. The van der Waals surface area contributed by atoms with E-state index in [0.717, 1.165) is 11.1 Å². The molecule has 246 valence electrons. The smallest absolute Gasteiger partial charge is 0.410 e. The molecule has 15 heteroatoms. The van der Waals surface area contributed by atoms with Gasteiger partial charge in [-0.2, -0.15) is 8.78 Å². The van der Waals surface area contributed by atoms with E-state index in [-0.39, 0.29) is 30.6 Å². The quantitative estimate of drug-likeness (QED) is 0.237. The van der Waals surface area contributed by atoms with Crippen molar-refractivity contribution in [1.82, 2.24) is 44.9 Å². The maximum Gasteiger partial charge on any atom is 0.410 e. The highest BCUT2D eigenvalue weighted by Crippen LogP contribution is 2.29. The summed E-state index contributed by atoms with van der Waals surface area (Å²) < 4.78 is 38.0. The standard InChI is InChI=1S/C33H31F2N9O4/c34-32(35)44-39-29(38-40-44)28(23-9-5-2-6-10-23)41-15-17-42(18-16-41)31(45)25-19-24(11-13-36-25)30-37-26-20-43(14-12-27(26)48-30)33(46)47-21-22-7-3-1-4-8-22/h1-11,13,19,28,32H,12,14-18,20-21H2/t28-/m1/s1. The second-order valence-electron chi connectivity index (χ2n) is 11.4. The number of nitrogens with zero attached hydrogens (tertiary/aromatic N) is 9. The number of ether oxygens (including phenoxy) is 1. The normalized spacial score (nSPS) is 15.7. The summed E-state index contributed by atoms with van der Waals surface area (Å²) in [5.41, 5.74) is 3.22. The van der Waals surface area contributed by atoms with Crippen LogP contribution in [0.5, 0.6) is 0 Å². The highest BCUT2D eigenvalue weighted by molar-refractivity contribution is 5.93. The molecule has 0 N–H and O–H groups in total. The summed E-state index contributed by atoms with van der Waals surface area (Å²) in [4.78, 5) is 40.9. The summed E-state index contributed by atoms with van der Waals surface area (Å²) in [7, 11) is 0. The fourth-order valence-electron chi connectivity index (χ4n) is 5.90. The van der Waals surface area contributed by atoms with E-state index in [0.29, 0.717) is 66.8 Å². The van der Waals surface area contributed by atoms with Gasteiger partial charge in [0.25, 0.3) is 5.91 Å². The van der Waals surface area contributed by atoms with Gasteiger partial charge in [-0.1, -0.05) is 65.5 Å². The van der Waals surface area contributed by atoms with Gasteiger partial charge in [0.2, 0.25) is 5.89 Å². The number of carbonyl (C=O) groups excluding carboxylic acids is 2. The van der Waals surface area contributed by atoms with Crippen LogP contribution < -0.4 is 0 Å². The Morgan fingerprint density at radius 3 is 2.40 bits per heavy atom. The zero-order chi connectivity index (χ0) is 33.0. The van der Waals surface area contributed by atoms with Gasteiger partial charge in [0.05, 0.1) is 12.6 Å². The van der Waals surface area contributed by atoms with Gasteiger partial charge in [0, 0.05) is 50.9 Å². The predicted octanol–water partition coefficient (Wildman–Crippen LogP) is 4.36. The zero-order valence-electron chi connectivity index (χ0n) is 25.7. The first-order valence-corrected chi connectivity index (χ1v) is 15.5. The number of aromatic nitrogens is 6. The number of carbonyl (C=O) groups is 2. The Morgan fingerprint density at radius 2 is 1.67 bits per heavy atom.